The van der Waals surface area contributed by atoms with Crippen LogP contribution in [0.2, 0.25) is 0 Å². The lowest BCUT2D eigenvalue weighted by molar-refractivity contribution is -0.140. The van der Waals surface area contributed by atoms with Gasteiger partial charge in [0.15, 0.2) is 6.61 Å². The third-order valence-corrected chi connectivity index (χ3v) is 7.53. The van der Waals surface area contributed by atoms with Crippen LogP contribution in [0.5, 0.6) is 5.75 Å². The number of rotatable bonds is 5. The van der Waals surface area contributed by atoms with Gasteiger partial charge in [-0.15, -0.1) is 0 Å². The summed E-state index contributed by atoms with van der Waals surface area (Å²) in [6.45, 7) is 7.29. The van der Waals surface area contributed by atoms with Gasteiger partial charge in [0.05, 0.1) is 23.7 Å². The number of H-pyrrole nitrogens is 1. The zero-order valence-corrected chi connectivity index (χ0v) is 20.2. The van der Waals surface area contributed by atoms with E-state index in [0.717, 1.165) is 48.2 Å². The number of aromatic nitrogens is 2. The third-order valence-electron chi connectivity index (χ3n) is 7.53. The molecule has 1 amide bonds. The molecule has 0 radical (unpaired) electrons. The molecule has 0 spiro atoms. The zero-order valence-electron chi connectivity index (χ0n) is 20.2. The van der Waals surface area contributed by atoms with Crippen LogP contribution >= 0.6 is 0 Å². The molecule has 3 aromatic rings. The molecular weight excluding hydrogens is 430 g/mol. The first-order valence-electron chi connectivity index (χ1n) is 11.8. The van der Waals surface area contributed by atoms with Crippen LogP contribution in [0.1, 0.15) is 50.4 Å². The van der Waals surface area contributed by atoms with Crippen LogP contribution in [0.15, 0.2) is 42.5 Å². The van der Waals surface area contributed by atoms with Crippen LogP contribution in [0, 0.1) is 10.8 Å². The number of carbonyl (C=O) groups is 2. The smallest absolute Gasteiger partial charge is 0.338 e. The lowest BCUT2D eigenvalue weighted by Gasteiger charge is -2.40. The monoisotopic (exact) mass is 461 g/mol. The maximum absolute atomic E-state index is 13.0. The molecule has 178 valence electrons. The van der Waals surface area contributed by atoms with Gasteiger partial charge in [-0.3, -0.25) is 4.79 Å². The summed E-state index contributed by atoms with van der Waals surface area (Å²) in [7, 11) is 1.63. The van der Waals surface area contributed by atoms with Crippen molar-refractivity contribution in [3.05, 3.63) is 48.0 Å². The van der Waals surface area contributed by atoms with E-state index in [-0.39, 0.29) is 24.0 Å². The number of aromatic amines is 1. The van der Waals surface area contributed by atoms with E-state index < -0.39 is 5.97 Å². The number of amides is 1. The fraction of sp³-hybridized carbons (Fsp3) is 0.444. The molecule has 7 nitrogen and oxygen atoms in total. The Morgan fingerprint density at radius 1 is 1.15 bits per heavy atom. The molecule has 1 aliphatic heterocycles. The van der Waals surface area contributed by atoms with Crippen molar-refractivity contribution in [2.24, 2.45) is 10.8 Å². The SMILES string of the molecule is COc1ccc(-c2nc3ccc(C(=O)OCC(=O)N4CCC5(C)CC4C(C)(C)C5)cc3[nH]2)cc1. The Hall–Kier alpha value is -3.35. The van der Waals surface area contributed by atoms with Crippen molar-refractivity contribution in [1.29, 1.82) is 0 Å². The van der Waals surface area contributed by atoms with Crippen molar-refractivity contribution in [2.45, 2.75) is 46.1 Å². The molecule has 7 heteroatoms. The van der Waals surface area contributed by atoms with Crippen LogP contribution in [0.3, 0.4) is 0 Å². The van der Waals surface area contributed by atoms with Gasteiger partial charge in [0, 0.05) is 18.2 Å². The summed E-state index contributed by atoms with van der Waals surface area (Å²) in [5.74, 6) is 0.854. The Morgan fingerprint density at radius 3 is 2.65 bits per heavy atom. The topological polar surface area (TPSA) is 84.5 Å². The van der Waals surface area contributed by atoms with Crippen molar-refractivity contribution < 1.29 is 19.1 Å². The standard InChI is InChI=1S/C27H31N3O4/c1-26(2)16-27(3)11-12-30(22(26)14-27)23(31)15-34-25(32)18-7-10-20-21(13-18)29-24(28-20)17-5-8-19(33-4)9-6-17/h5-10,13,22H,11-12,14-16H2,1-4H3,(H,28,29). The highest BCUT2D eigenvalue weighted by Gasteiger charge is 2.53. The van der Waals surface area contributed by atoms with E-state index in [0.29, 0.717) is 16.8 Å². The number of methoxy groups -OCH3 is 1. The molecule has 5 rings (SSSR count). The van der Waals surface area contributed by atoms with E-state index in [4.69, 9.17) is 9.47 Å². The van der Waals surface area contributed by atoms with Gasteiger partial charge < -0.3 is 19.4 Å². The fourth-order valence-corrected chi connectivity index (χ4v) is 5.92. The Morgan fingerprint density at radius 2 is 1.91 bits per heavy atom. The number of benzene rings is 2. The van der Waals surface area contributed by atoms with E-state index in [1.807, 2.05) is 29.2 Å². The Kier molecular flexibility index (Phi) is 5.38. The van der Waals surface area contributed by atoms with E-state index in [2.05, 4.69) is 30.7 Å². The highest BCUT2D eigenvalue weighted by atomic mass is 16.5. The molecule has 1 saturated carbocycles. The van der Waals surface area contributed by atoms with Gasteiger partial charge in [-0.05, 0) is 72.6 Å². The average Bonchev–Trinajstić information content (AvgIpc) is 3.32. The number of likely N-dealkylation sites (tertiary alicyclic amines) is 1. The molecule has 2 atom stereocenters. The number of nitrogens with zero attached hydrogens (tertiary/aromatic N) is 2. The van der Waals surface area contributed by atoms with Crippen LogP contribution in [0.4, 0.5) is 0 Å². The number of hydrogen-bond donors (Lipinski definition) is 1. The number of fused-ring (bicyclic) bond motifs is 3. The van der Waals surface area contributed by atoms with Gasteiger partial charge in [-0.25, -0.2) is 9.78 Å². The lowest BCUT2D eigenvalue weighted by Crippen LogP contribution is -2.49. The second kappa shape index (κ2) is 8.15. The average molecular weight is 462 g/mol. The molecule has 2 unspecified atom stereocenters. The van der Waals surface area contributed by atoms with Gasteiger partial charge in [-0.2, -0.15) is 0 Å². The first-order valence-corrected chi connectivity index (χ1v) is 11.8. The molecule has 2 aliphatic rings. The highest BCUT2D eigenvalue weighted by molar-refractivity contribution is 5.95. The summed E-state index contributed by atoms with van der Waals surface area (Å²) in [6.07, 6.45) is 3.14. The molecule has 34 heavy (non-hydrogen) atoms. The van der Waals surface area contributed by atoms with Crippen molar-refractivity contribution in [3.8, 4) is 17.1 Å². The second-order valence-corrected chi connectivity index (χ2v) is 10.7. The fourth-order valence-electron chi connectivity index (χ4n) is 5.92. The Balaban J connectivity index is 1.26. The number of esters is 1. The second-order valence-electron chi connectivity index (χ2n) is 10.7. The van der Waals surface area contributed by atoms with Crippen LogP contribution < -0.4 is 4.74 Å². The van der Waals surface area contributed by atoms with Crippen LogP contribution in [-0.4, -0.2) is 53.0 Å². The predicted molar refractivity (Wildman–Crippen MR) is 130 cm³/mol. The normalized spacial score (nSPS) is 23.2. The molecule has 1 aliphatic carbocycles. The summed E-state index contributed by atoms with van der Waals surface area (Å²) in [4.78, 5) is 35.5. The number of hydrogen-bond acceptors (Lipinski definition) is 5. The van der Waals surface area contributed by atoms with Crippen molar-refractivity contribution >= 4 is 22.9 Å². The Bertz CT molecular complexity index is 1250. The van der Waals surface area contributed by atoms with Gasteiger partial charge in [-0.1, -0.05) is 20.8 Å². The molecule has 2 bridgehead atoms. The zero-order chi connectivity index (χ0) is 24.1. The number of imidazole rings is 1. The number of nitrogens with one attached hydrogen (secondary N) is 1. The first kappa shape index (κ1) is 22.4. The van der Waals surface area contributed by atoms with E-state index >= 15 is 0 Å². The van der Waals surface area contributed by atoms with Crippen molar-refractivity contribution in [3.63, 3.8) is 0 Å². The molecule has 2 aromatic carbocycles. The van der Waals surface area contributed by atoms with Gasteiger partial charge >= 0.3 is 5.97 Å². The summed E-state index contributed by atoms with van der Waals surface area (Å²) in [5.41, 5.74) is 3.17. The largest absolute Gasteiger partial charge is 0.497 e. The van der Waals surface area contributed by atoms with Gasteiger partial charge in [0.1, 0.15) is 11.6 Å². The summed E-state index contributed by atoms with van der Waals surface area (Å²) >= 11 is 0. The minimum atomic E-state index is -0.511. The molecule has 1 saturated heterocycles. The summed E-state index contributed by atoms with van der Waals surface area (Å²) in [5, 5.41) is 0. The third kappa shape index (κ3) is 4.04. The number of ether oxygens (including phenoxy) is 2. The molecule has 1 aromatic heterocycles. The predicted octanol–water partition coefficient (Wildman–Crippen LogP) is 4.82. The molecular formula is C27H31N3O4. The minimum Gasteiger partial charge on any atom is -0.497 e. The Labute approximate surface area is 199 Å². The maximum Gasteiger partial charge on any atom is 0.338 e. The van der Waals surface area contributed by atoms with Gasteiger partial charge in [0.2, 0.25) is 0 Å². The van der Waals surface area contributed by atoms with Crippen molar-refractivity contribution in [2.75, 3.05) is 20.3 Å². The lowest BCUT2D eigenvalue weighted by atomic mass is 9.81. The van der Waals surface area contributed by atoms with Crippen LogP contribution in [-0.2, 0) is 9.53 Å². The van der Waals surface area contributed by atoms with Crippen molar-refractivity contribution in [1.82, 2.24) is 14.9 Å². The molecule has 2 heterocycles. The van der Waals surface area contributed by atoms with Crippen LogP contribution in [0.25, 0.3) is 22.4 Å². The summed E-state index contributed by atoms with van der Waals surface area (Å²) < 4.78 is 10.6. The van der Waals surface area contributed by atoms with E-state index in [1.165, 1.54) is 0 Å². The summed E-state index contributed by atoms with van der Waals surface area (Å²) in [6, 6.07) is 13.0. The number of carbonyl (C=O) groups excluding carboxylic acids is 2. The minimum absolute atomic E-state index is 0.0815. The van der Waals surface area contributed by atoms with E-state index in [9.17, 15) is 9.59 Å². The highest BCUT2D eigenvalue weighted by Crippen LogP contribution is 2.55. The van der Waals surface area contributed by atoms with E-state index in [1.54, 1.807) is 25.3 Å². The molecule has 2 fully saturated rings. The maximum atomic E-state index is 13.0. The van der Waals surface area contributed by atoms with Gasteiger partial charge in [0.25, 0.3) is 5.91 Å². The first-order chi connectivity index (χ1) is 16.2. The number of piperidine rings is 1. The molecule has 1 N–H and O–H groups in total. The quantitative estimate of drug-likeness (QED) is 0.551.